The van der Waals surface area contributed by atoms with Gasteiger partial charge in [-0.05, 0) is 31.4 Å². The standard InChI is InChI=1S/C16H25N5O/c1-16(2,3)15-18-17-13-8-9-14(19-21(13)15)20(4)11-12-7-5-6-10-22-12/h8-9,12H,5-7,10-11H2,1-4H3. The molecule has 1 aliphatic heterocycles. The molecular weight excluding hydrogens is 278 g/mol. The first-order chi connectivity index (χ1) is 10.4. The molecule has 6 nitrogen and oxygen atoms in total. The van der Waals surface area contributed by atoms with Gasteiger partial charge < -0.3 is 9.64 Å². The SMILES string of the molecule is CN(CC1CCCCO1)c1ccc2nnc(C(C)(C)C)n2n1. The predicted octanol–water partition coefficient (Wildman–Crippen LogP) is 2.43. The van der Waals surface area contributed by atoms with Crippen molar-refractivity contribution in [3.05, 3.63) is 18.0 Å². The van der Waals surface area contributed by atoms with E-state index >= 15 is 0 Å². The van der Waals surface area contributed by atoms with Gasteiger partial charge in [-0.1, -0.05) is 20.8 Å². The Hall–Kier alpha value is -1.69. The maximum Gasteiger partial charge on any atom is 0.178 e. The van der Waals surface area contributed by atoms with Crippen molar-refractivity contribution in [1.82, 2.24) is 19.8 Å². The summed E-state index contributed by atoms with van der Waals surface area (Å²) in [6.45, 7) is 8.11. The Balaban J connectivity index is 1.84. The van der Waals surface area contributed by atoms with Gasteiger partial charge in [-0.3, -0.25) is 0 Å². The molecule has 6 heteroatoms. The molecule has 1 unspecified atom stereocenters. The lowest BCUT2D eigenvalue weighted by Gasteiger charge is -2.28. The van der Waals surface area contributed by atoms with Gasteiger partial charge in [0.2, 0.25) is 0 Å². The van der Waals surface area contributed by atoms with Crippen molar-refractivity contribution in [2.24, 2.45) is 0 Å². The second-order valence-electron chi connectivity index (χ2n) is 7.10. The number of fused-ring (bicyclic) bond motifs is 1. The average molecular weight is 303 g/mol. The maximum atomic E-state index is 5.82. The van der Waals surface area contributed by atoms with Crippen LogP contribution >= 0.6 is 0 Å². The number of anilines is 1. The Morgan fingerprint density at radius 2 is 2.09 bits per heavy atom. The van der Waals surface area contributed by atoms with Crippen LogP contribution in [0.2, 0.25) is 0 Å². The molecule has 0 amide bonds. The lowest BCUT2D eigenvalue weighted by molar-refractivity contribution is 0.0215. The molecule has 1 fully saturated rings. The molecule has 1 aliphatic rings. The first kappa shape index (κ1) is 15.2. The zero-order chi connectivity index (χ0) is 15.7. The number of hydrogen-bond acceptors (Lipinski definition) is 5. The second-order valence-corrected chi connectivity index (χ2v) is 7.10. The van der Waals surface area contributed by atoms with Gasteiger partial charge in [-0.15, -0.1) is 15.3 Å². The van der Waals surface area contributed by atoms with Crippen LogP contribution in [0.1, 0.15) is 45.9 Å². The predicted molar refractivity (Wildman–Crippen MR) is 86.3 cm³/mol. The molecule has 3 heterocycles. The van der Waals surface area contributed by atoms with Crippen LogP contribution in [0.5, 0.6) is 0 Å². The minimum absolute atomic E-state index is 0.0872. The van der Waals surface area contributed by atoms with Crippen LogP contribution in [-0.2, 0) is 10.2 Å². The summed E-state index contributed by atoms with van der Waals surface area (Å²) >= 11 is 0. The van der Waals surface area contributed by atoms with Gasteiger partial charge in [0.1, 0.15) is 5.82 Å². The van der Waals surface area contributed by atoms with Gasteiger partial charge in [0.05, 0.1) is 6.10 Å². The van der Waals surface area contributed by atoms with Crippen LogP contribution in [0.25, 0.3) is 5.65 Å². The van der Waals surface area contributed by atoms with Crippen molar-refractivity contribution < 1.29 is 4.74 Å². The fourth-order valence-electron chi connectivity index (χ4n) is 2.80. The largest absolute Gasteiger partial charge is 0.376 e. The Kier molecular flexibility index (Phi) is 4.04. The number of likely N-dealkylation sites (N-methyl/N-ethyl adjacent to an activating group) is 1. The Morgan fingerprint density at radius 3 is 2.77 bits per heavy atom. The third kappa shape index (κ3) is 3.06. The third-order valence-corrected chi connectivity index (χ3v) is 4.06. The van der Waals surface area contributed by atoms with Crippen LogP contribution in [0.4, 0.5) is 5.82 Å². The van der Waals surface area contributed by atoms with E-state index in [9.17, 15) is 0 Å². The third-order valence-electron chi connectivity index (χ3n) is 4.06. The summed E-state index contributed by atoms with van der Waals surface area (Å²) in [6.07, 6.45) is 3.87. The molecule has 0 spiro atoms. The fraction of sp³-hybridized carbons (Fsp3) is 0.688. The van der Waals surface area contributed by atoms with Gasteiger partial charge in [-0.25, -0.2) is 0 Å². The van der Waals surface area contributed by atoms with Crippen molar-refractivity contribution in [3.8, 4) is 0 Å². The number of aromatic nitrogens is 4. The average Bonchev–Trinajstić information content (AvgIpc) is 2.91. The Bertz CT molecular complexity index is 640. The summed E-state index contributed by atoms with van der Waals surface area (Å²) < 4.78 is 7.67. The van der Waals surface area contributed by atoms with Gasteiger partial charge >= 0.3 is 0 Å². The molecule has 0 bridgehead atoms. The molecule has 1 saturated heterocycles. The smallest absolute Gasteiger partial charge is 0.178 e. The fourth-order valence-corrected chi connectivity index (χ4v) is 2.80. The Morgan fingerprint density at radius 1 is 1.27 bits per heavy atom. The van der Waals surface area contributed by atoms with Gasteiger partial charge in [0.25, 0.3) is 0 Å². The summed E-state index contributed by atoms with van der Waals surface area (Å²) in [7, 11) is 2.06. The van der Waals surface area contributed by atoms with Crippen molar-refractivity contribution in [2.75, 3.05) is 25.1 Å². The second kappa shape index (κ2) is 5.83. The lowest BCUT2D eigenvalue weighted by atomic mass is 9.96. The summed E-state index contributed by atoms with van der Waals surface area (Å²) in [5.41, 5.74) is 0.701. The van der Waals surface area contributed by atoms with Crippen LogP contribution in [0, 0.1) is 0 Å². The van der Waals surface area contributed by atoms with E-state index in [1.807, 2.05) is 16.6 Å². The quantitative estimate of drug-likeness (QED) is 0.871. The molecule has 0 saturated carbocycles. The highest BCUT2D eigenvalue weighted by molar-refractivity contribution is 5.45. The van der Waals surface area contributed by atoms with Crippen LogP contribution in [0.15, 0.2) is 12.1 Å². The van der Waals surface area contributed by atoms with Crippen LogP contribution in [-0.4, -0.2) is 46.1 Å². The zero-order valence-electron chi connectivity index (χ0n) is 13.9. The van der Waals surface area contributed by atoms with E-state index in [0.717, 1.165) is 36.9 Å². The number of hydrogen-bond donors (Lipinski definition) is 0. The van der Waals surface area contributed by atoms with E-state index in [-0.39, 0.29) is 5.41 Å². The molecule has 0 N–H and O–H groups in total. The molecule has 2 aromatic heterocycles. The topological polar surface area (TPSA) is 55.5 Å². The van der Waals surface area contributed by atoms with Crippen molar-refractivity contribution in [2.45, 2.75) is 51.6 Å². The van der Waals surface area contributed by atoms with Crippen molar-refractivity contribution in [3.63, 3.8) is 0 Å². The van der Waals surface area contributed by atoms with Crippen LogP contribution < -0.4 is 4.90 Å². The minimum Gasteiger partial charge on any atom is -0.376 e. The summed E-state index contributed by atoms with van der Waals surface area (Å²) in [5, 5.41) is 13.2. The van der Waals surface area contributed by atoms with E-state index in [0.29, 0.717) is 6.10 Å². The van der Waals surface area contributed by atoms with Gasteiger partial charge in [0.15, 0.2) is 11.5 Å². The van der Waals surface area contributed by atoms with Gasteiger partial charge in [0, 0.05) is 25.6 Å². The molecule has 0 radical (unpaired) electrons. The zero-order valence-corrected chi connectivity index (χ0v) is 13.9. The maximum absolute atomic E-state index is 5.82. The first-order valence-corrected chi connectivity index (χ1v) is 8.01. The monoisotopic (exact) mass is 303 g/mol. The summed E-state index contributed by atoms with van der Waals surface area (Å²) in [5.74, 6) is 1.80. The normalized spacial score (nSPS) is 19.5. The molecule has 2 aromatic rings. The number of nitrogens with zero attached hydrogens (tertiary/aromatic N) is 5. The molecule has 0 aliphatic carbocycles. The van der Waals surface area contributed by atoms with E-state index < -0.39 is 0 Å². The molecule has 22 heavy (non-hydrogen) atoms. The molecule has 1 atom stereocenters. The van der Waals surface area contributed by atoms with Crippen LogP contribution in [0.3, 0.4) is 0 Å². The van der Waals surface area contributed by atoms with E-state index in [4.69, 9.17) is 9.84 Å². The lowest BCUT2D eigenvalue weighted by Crippen LogP contribution is -2.34. The number of ether oxygens (including phenoxy) is 1. The molecule has 3 rings (SSSR count). The van der Waals surface area contributed by atoms with E-state index in [2.05, 4.69) is 42.9 Å². The van der Waals surface area contributed by atoms with Gasteiger partial charge in [-0.2, -0.15) is 4.52 Å². The van der Waals surface area contributed by atoms with E-state index in [1.165, 1.54) is 12.8 Å². The molecular formula is C16H25N5O. The highest BCUT2D eigenvalue weighted by Crippen LogP contribution is 2.22. The van der Waals surface area contributed by atoms with Crippen molar-refractivity contribution in [1.29, 1.82) is 0 Å². The Labute approximate surface area is 131 Å². The first-order valence-electron chi connectivity index (χ1n) is 8.01. The van der Waals surface area contributed by atoms with Crippen molar-refractivity contribution >= 4 is 11.5 Å². The number of rotatable bonds is 3. The summed E-state index contributed by atoms with van der Waals surface area (Å²) in [4.78, 5) is 2.15. The minimum atomic E-state index is -0.0872. The van der Waals surface area contributed by atoms with E-state index in [1.54, 1.807) is 0 Å². The highest BCUT2D eigenvalue weighted by atomic mass is 16.5. The summed E-state index contributed by atoms with van der Waals surface area (Å²) in [6, 6.07) is 3.97. The highest BCUT2D eigenvalue weighted by Gasteiger charge is 2.23. The molecule has 120 valence electrons. The molecule has 0 aromatic carbocycles.